The number of amides is 1. The van der Waals surface area contributed by atoms with Crippen LogP contribution in [0.5, 0.6) is 0 Å². The highest BCUT2D eigenvalue weighted by atomic mass is 16.5. The van der Waals surface area contributed by atoms with Gasteiger partial charge in [-0.15, -0.1) is 0 Å². The van der Waals surface area contributed by atoms with Crippen molar-refractivity contribution in [1.82, 2.24) is 19.8 Å². The van der Waals surface area contributed by atoms with Gasteiger partial charge in [0.1, 0.15) is 0 Å². The van der Waals surface area contributed by atoms with Crippen molar-refractivity contribution in [2.75, 3.05) is 33.4 Å². The number of aryl methyl sites for hydroxylation is 1. The monoisotopic (exact) mass is 332 g/mol. The molecule has 3 heterocycles. The SMILES string of the molecule is Cc1cccn2nc(C(=O)NC[C@]3(CO)COC[C@@H](C)N3C)cc12. The van der Waals surface area contributed by atoms with Crippen LogP contribution in [-0.2, 0) is 4.74 Å². The van der Waals surface area contributed by atoms with E-state index >= 15 is 0 Å². The molecule has 2 aromatic heterocycles. The van der Waals surface area contributed by atoms with Gasteiger partial charge in [0.2, 0.25) is 0 Å². The fraction of sp³-hybridized carbons (Fsp3) is 0.529. The minimum atomic E-state index is -0.609. The maximum absolute atomic E-state index is 12.5. The number of carbonyl (C=O) groups excluding carboxylic acids is 1. The van der Waals surface area contributed by atoms with Crippen LogP contribution in [0.25, 0.3) is 5.52 Å². The van der Waals surface area contributed by atoms with Gasteiger partial charge >= 0.3 is 0 Å². The van der Waals surface area contributed by atoms with Crippen LogP contribution in [0.1, 0.15) is 23.0 Å². The summed E-state index contributed by atoms with van der Waals surface area (Å²) in [5.74, 6) is -0.252. The summed E-state index contributed by atoms with van der Waals surface area (Å²) >= 11 is 0. The van der Waals surface area contributed by atoms with Gasteiger partial charge in [0.05, 0.1) is 30.9 Å². The molecular formula is C17H24N4O3. The number of nitrogens with zero attached hydrogens (tertiary/aromatic N) is 3. The normalized spacial score (nSPS) is 25.1. The summed E-state index contributed by atoms with van der Waals surface area (Å²) in [4.78, 5) is 14.6. The maximum Gasteiger partial charge on any atom is 0.271 e. The molecule has 0 aliphatic carbocycles. The number of hydrogen-bond donors (Lipinski definition) is 2. The van der Waals surface area contributed by atoms with E-state index in [1.807, 2.05) is 39.2 Å². The van der Waals surface area contributed by atoms with Crippen LogP contribution in [0.3, 0.4) is 0 Å². The van der Waals surface area contributed by atoms with E-state index in [1.165, 1.54) is 0 Å². The number of aliphatic hydroxyl groups excluding tert-OH is 1. The second kappa shape index (κ2) is 6.51. The summed E-state index contributed by atoms with van der Waals surface area (Å²) in [6.45, 7) is 5.24. The van der Waals surface area contributed by atoms with E-state index in [2.05, 4.69) is 15.3 Å². The lowest BCUT2D eigenvalue weighted by Crippen LogP contribution is -2.65. The molecular weight excluding hydrogens is 308 g/mol. The van der Waals surface area contributed by atoms with Gasteiger partial charge in [-0.3, -0.25) is 9.69 Å². The largest absolute Gasteiger partial charge is 0.394 e. The number of fused-ring (bicyclic) bond motifs is 1. The summed E-state index contributed by atoms with van der Waals surface area (Å²) in [5.41, 5.74) is 1.73. The molecule has 2 N–H and O–H groups in total. The second-order valence-corrected chi connectivity index (χ2v) is 6.59. The smallest absolute Gasteiger partial charge is 0.271 e. The molecule has 0 aromatic carbocycles. The number of ether oxygens (including phenoxy) is 1. The predicted molar refractivity (Wildman–Crippen MR) is 90.1 cm³/mol. The average Bonchev–Trinajstić information content (AvgIpc) is 3.02. The first-order chi connectivity index (χ1) is 11.5. The summed E-state index contributed by atoms with van der Waals surface area (Å²) in [5, 5.41) is 17.1. The number of carbonyl (C=O) groups is 1. The van der Waals surface area contributed by atoms with E-state index in [0.29, 0.717) is 25.5 Å². The molecule has 1 aliphatic heterocycles. The Kier molecular flexibility index (Phi) is 4.58. The van der Waals surface area contributed by atoms with Crippen LogP contribution in [0.2, 0.25) is 0 Å². The molecule has 0 spiro atoms. The van der Waals surface area contributed by atoms with Crippen molar-refractivity contribution in [2.45, 2.75) is 25.4 Å². The second-order valence-electron chi connectivity index (χ2n) is 6.59. The Bertz CT molecular complexity index is 745. The van der Waals surface area contributed by atoms with E-state index in [-0.39, 0.29) is 18.6 Å². The van der Waals surface area contributed by atoms with Crippen molar-refractivity contribution < 1.29 is 14.6 Å². The first-order valence-electron chi connectivity index (χ1n) is 8.11. The molecule has 24 heavy (non-hydrogen) atoms. The van der Waals surface area contributed by atoms with E-state index in [4.69, 9.17) is 4.74 Å². The average molecular weight is 332 g/mol. The van der Waals surface area contributed by atoms with Crippen molar-refractivity contribution in [3.63, 3.8) is 0 Å². The lowest BCUT2D eigenvalue weighted by Gasteiger charge is -2.47. The molecule has 0 unspecified atom stereocenters. The van der Waals surface area contributed by atoms with E-state index < -0.39 is 5.54 Å². The molecule has 0 saturated carbocycles. The van der Waals surface area contributed by atoms with Crippen LogP contribution in [0, 0.1) is 6.92 Å². The van der Waals surface area contributed by atoms with E-state index in [9.17, 15) is 9.90 Å². The van der Waals surface area contributed by atoms with Crippen molar-refractivity contribution in [1.29, 1.82) is 0 Å². The summed E-state index contributed by atoms with van der Waals surface area (Å²) in [6.07, 6.45) is 1.82. The number of morpholine rings is 1. The number of pyridine rings is 1. The molecule has 1 saturated heterocycles. The quantitative estimate of drug-likeness (QED) is 0.850. The molecule has 2 aromatic rings. The topological polar surface area (TPSA) is 79.1 Å². The zero-order valence-electron chi connectivity index (χ0n) is 14.3. The van der Waals surface area contributed by atoms with Gasteiger partial charge < -0.3 is 15.2 Å². The predicted octanol–water partition coefficient (Wildman–Crippen LogP) is 0.454. The zero-order valence-corrected chi connectivity index (χ0v) is 14.3. The third-order valence-electron chi connectivity index (χ3n) is 4.96. The number of aromatic nitrogens is 2. The van der Waals surface area contributed by atoms with Crippen molar-refractivity contribution in [3.8, 4) is 0 Å². The van der Waals surface area contributed by atoms with E-state index in [0.717, 1.165) is 11.1 Å². The van der Waals surface area contributed by atoms with Crippen LogP contribution in [-0.4, -0.2) is 70.5 Å². The van der Waals surface area contributed by atoms with Gasteiger partial charge in [-0.05, 0) is 38.6 Å². The minimum absolute atomic E-state index is 0.0849. The Morgan fingerprint density at radius 1 is 1.58 bits per heavy atom. The fourth-order valence-electron chi connectivity index (χ4n) is 3.09. The number of likely N-dealkylation sites (N-methyl/N-ethyl adjacent to an activating group) is 1. The van der Waals surface area contributed by atoms with Crippen molar-refractivity contribution >= 4 is 11.4 Å². The Labute approximate surface area is 141 Å². The summed E-state index contributed by atoms with van der Waals surface area (Å²) in [7, 11) is 1.95. The highest BCUT2D eigenvalue weighted by molar-refractivity contribution is 5.93. The van der Waals surface area contributed by atoms with Gasteiger partial charge in [0.15, 0.2) is 5.69 Å². The lowest BCUT2D eigenvalue weighted by atomic mass is 9.96. The van der Waals surface area contributed by atoms with Crippen molar-refractivity contribution in [2.24, 2.45) is 0 Å². The lowest BCUT2D eigenvalue weighted by molar-refractivity contribution is -0.105. The van der Waals surface area contributed by atoms with Gasteiger partial charge in [-0.1, -0.05) is 6.07 Å². The molecule has 0 radical (unpaired) electrons. The number of rotatable bonds is 4. The van der Waals surface area contributed by atoms with E-state index in [1.54, 1.807) is 10.6 Å². The Hall–Kier alpha value is -1.96. The molecule has 130 valence electrons. The van der Waals surface area contributed by atoms with Crippen LogP contribution in [0.15, 0.2) is 24.4 Å². The molecule has 3 rings (SSSR count). The van der Waals surface area contributed by atoms with Gasteiger partial charge in [0.25, 0.3) is 5.91 Å². The number of aliphatic hydroxyl groups is 1. The van der Waals surface area contributed by atoms with Gasteiger partial charge in [-0.2, -0.15) is 5.10 Å². The molecule has 1 aliphatic rings. The summed E-state index contributed by atoms with van der Waals surface area (Å²) in [6, 6.07) is 5.84. The minimum Gasteiger partial charge on any atom is -0.394 e. The molecule has 7 nitrogen and oxygen atoms in total. The van der Waals surface area contributed by atoms with Crippen LogP contribution >= 0.6 is 0 Å². The Morgan fingerprint density at radius 2 is 2.38 bits per heavy atom. The molecule has 1 fully saturated rings. The Morgan fingerprint density at radius 3 is 3.08 bits per heavy atom. The van der Waals surface area contributed by atoms with Crippen LogP contribution < -0.4 is 5.32 Å². The number of hydrogen-bond acceptors (Lipinski definition) is 5. The van der Waals surface area contributed by atoms with Crippen molar-refractivity contribution in [3.05, 3.63) is 35.7 Å². The summed E-state index contributed by atoms with van der Waals surface area (Å²) < 4.78 is 7.29. The standard InChI is InChI=1S/C17H24N4O3/c1-12-5-4-6-21-15(12)7-14(19-21)16(23)18-9-17(10-22)11-24-8-13(2)20(17)3/h4-7,13,22H,8-11H2,1-3H3,(H,18,23)/t13-,17+/m1/s1. The number of nitrogens with one attached hydrogen (secondary N) is 1. The first kappa shape index (κ1) is 16.9. The maximum atomic E-state index is 12.5. The Balaban J connectivity index is 1.75. The van der Waals surface area contributed by atoms with Gasteiger partial charge in [0, 0.05) is 18.8 Å². The van der Waals surface area contributed by atoms with Gasteiger partial charge in [-0.25, -0.2) is 4.52 Å². The molecule has 1 amide bonds. The molecule has 2 atom stereocenters. The highest BCUT2D eigenvalue weighted by Gasteiger charge is 2.40. The first-order valence-corrected chi connectivity index (χ1v) is 8.11. The molecule has 7 heteroatoms. The third-order valence-corrected chi connectivity index (χ3v) is 4.96. The zero-order chi connectivity index (χ0) is 17.3. The molecule has 0 bridgehead atoms. The van der Waals surface area contributed by atoms with Crippen LogP contribution in [0.4, 0.5) is 0 Å². The third kappa shape index (κ3) is 2.90. The highest BCUT2D eigenvalue weighted by Crippen LogP contribution is 2.21. The fourth-order valence-corrected chi connectivity index (χ4v) is 3.09.